The molecule has 0 saturated heterocycles. The number of phenolic OH excluding ortho intramolecular Hbond substituents is 1. The molecule has 31 heavy (non-hydrogen) atoms. The normalized spacial score (nSPS) is 12.8. The number of hydrogen-bond acceptors (Lipinski definition) is 5. The molecule has 0 heterocycles. The molecule has 5 nitrogen and oxygen atoms in total. The van der Waals surface area contributed by atoms with Gasteiger partial charge in [-0.3, -0.25) is 4.57 Å². The van der Waals surface area contributed by atoms with Crippen LogP contribution in [0, 0.1) is 0 Å². The molecule has 0 unspecified atom stereocenters. The average Bonchev–Trinajstić information content (AvgIpc) is 2.66. The predicted octanol–water partition coefficient (Wildman–Crippen LogP) is 7.35. The van der Waals surface area contributed by atoms with E-state index in [-0.39, 0.29) is 17.1 Å². The number of nitrogens with zero attached hydrogens (tertiary/aromatic N) is 1. The van der Waals surface area contributed by atoms with Crippen molar-refractivity contribution in [1.29, 1.82) is 0 Å². The van der Waals surface area contributed by atoms with Gasteiger partial charge in [0.15, 0.2) is 0 Å². The molecular formula is C25H38NO4P. The van der Waals surface area contributed by atoms with Gasteiger partial charge in [-0.15, -0.1) is 0 Å². The number of rotatable bonds is 8. The van der Waals surface area contributed by atoms with Crippen molar-refractivity contribution in [3.8, 4) is 5.75 Å². The first-order valence-electron chi connectivity index (χ1n) is 10.9. The highest BCUT2D eigenvalue weighted by molar-refractivity contribution is 7.54. The SMILES string of the molecule is CCOP(=O)(CN(c1ccccc1)c1cc(C(C)(C)C)c(O)c(C(C)(C)C)c1)OCC. The van der Waals surface area contributed by atoms with Crippen molar-refractivity contribution in [2.45, 2.75) is 66.2 Å². The van der Waals surface area contributed by atoms with Gasteiger partial charge in [0, 0.05) is 22.5 Å². The van der Waals surface area contributed by atoms with Crippen LogP contribution in [0.3, 0.4) is 0 Å². The summed E-state index contributed by atoms with van der Waals surface area (Å²) < 4.78 is 24.7. The molecule has 0 fully saturated rings. The third-order valence-electron chi connectivity index (χ3n) is 5.06. The van der Waals surface area contributed by atoms with Crippen LogP contribution >= 0.6 is 7.60 Å². The maximum absolute atomic E-state index is 13.5. The topological polar surface area (TPSA) is 59.0 Å². The van der Waals surface area contributed by atoms with Crippen molar-refractivity contribution in [2.24, 2.45) is 0 Å². The molecule has 0 spiro atoms. The quantitative estimate of drug-likeness (QED) is 0.429. The van der Waals surface area contributed by atoms with E-state index in [0.29, 0.717) is 19.0 Å². The van der Waals surface area contributed by atoms with Crippen molar-refractivity contribution >= 4 is 19.0 Å². The lowest BCUT2D eigenvalue weighted by atomic mass is 9.79. The van der Waals surface area contributed by atoms with Crippen molar-refractivity contribution in [1.82, 2.24) is 0 Å². The molecule has 0 aliphatic rings. The molecular weight excluding hydrogens is 409 g/mol. The summed E-state index contributed by atoms with van der Waals surface area (Å²) in [4.78, 5) is 1.97. The molecule has 1 N–H and O–H groups in total. The first-order chi connectivity index (χ1) is 14.3. The van der Waals surface area contributed by atoms with Gasteiger partial charge in [0.1, 0.15) is 12.0 Å². The fraction of sp³-hybridized carbons (Fsp3) is 0.520. The molecule has 0 aromatic heterocycles. The summed E-state index contributed by atoms with van der Waals surface area (Å²) in [5.74, 6) is 0.314. The third kappa shape index (κ3) is 6.35. The Bertz CT molecular complexity index is 868. The lowest BCUT2D eigenvalue weighted by Gasteiger charge is -2.33. The number of para-hydroxylation sites is 1. The highest BCUT2D eigenvalue weighted by Gasteiger charge is 2.32. The zero-order chi connectivity index (χ0) is 23.4. The fourth-order valence-corrected chi connectivity index (χ4v) is 5.22. The van der Waals surface area contributed by atoms with Gasteiger partial charge >= 0.3 is 7.60 Å². The van der Waals surface area contributed by atoms with Crippen molar-refractivity contribution in [3.63, 3.8) is 0 Å². The predicted molar refractivity (Wildman–Crippen MR) is 130 cm³/mol. The van der Waals surface area contributed by atoms with Gasteiger partial charge in [-0.25, -0.2) is 0 Å². The molecule has 0 radical (unpaired) electrons. The van der Waals surface area contributed by atoms with E-state index in [9.17, 15) is 9.67 Å². The second-order valence-corrected chi connectivity index (χ2v) is 11.8. The maximum atomic E-state index is 13.5. The smallest absolute Gasteiger partial charge is 0.350 e. The summed E-state index contributed by atoms with van der Waals surface area (Å²) in [7, 11) is -3.37. The van der Waals surface area contributed by atoms with Gasteiger partial charge in [0.2, 0.25) is 0 Å². The largest absolute Gasteiger partial charge is 0.507 e. The van der Waals surface area contributed by atoms with Crippen LogP contribution in [0.1, 0.15) is 66.5 Å². The molecule has 0 atom stereocenters. The van der Waals surface area contributed by atoms with Gasteiger partial charge in [-0.1, -0.05) is 59.7 Å². The summed E-state index contributed by atoms with van der Waals surface area (Å²) in [5.41, 5.74) is 2.88. The Hall–Kier alpha value is -1.81. The first-order valence-corrected chi connectivity index (χ1v) is 12.6. The number of aromatic hydroxyl groups is 1. The second kappa shape index (κ2) is 9.77. The Labute approximate surface area is 187 Å². The van der Waals surface area contributed by atoms with Crippen LogP contribution in [0.4, 0.5) is 11.4 Å². The molecule has 0 bridgehead atoms. The van der Waals surface area contributed by atoms with Gasteiger partial charge < -0.3 is 19.1 Å². The van der Waals surface area contributed by atoms with Crippen LogP contribution in [0.15, 0.2) is 42.5 Å². The summed E-state index contributed by atoms with van der Waals surface area (Å²) in [6.07, 6.45) is 0.0800. The van der Waals surface area contributed by atoms with E-state index in [2.05, 4.69) is 41.5 Å². The number of hydrogen-bond donors (Lipinski definition) is 1. The highest BCUT2D eigenvalue weighted by atomic mass is 31.2. The van der Waals surface area contributed by atoms with Gasteiger partial charge in [-0.2, -0.15) is 0 Å². The number of anilines is 2. The van der Waals surface area contributed by atoms with Crippen LogP contribution < -0.4 is 4.90 Å². The molecule has 2 aromatic carbocycles. The Morgan fingerprint density at radius 1 is 0.839 bits per heavy atom. The average molecular weight is 448 g/mol. The van der Waals surface area contributed by atoms with Crippen molar-refractivity contribution < 1.29 is 18.7 Å². The Morgan fingerprint density at radius 2 is 1.29 bits per heavy atom. The van der Waals surface area contributed by atoms with Crippen molar-refractivity contribution in [2.75, 3.05) is 24.4 Å². The van der Waals surface area contributed by atoms with E-state index < -0.39 is 7.60 Å². The minimum Gasteiger partial charge on any atom is -0.507 e. The van der Waals surface area contributed by atoms with Crippen LogP contribution in [0.25, 0.3) is 0 Å². The summed E-state index contributed by atoms with van der Waals surface area (Å²) >= 11 is 0. The van der Waals surface area contributed by atoms with E-state index in [0.717, 1.165) is 22.5 Å². The van der Waals surface area contributed by atoms with Crippen LogP contribution in [-0.4, -0.2) is 24.6 Å². The van der Waals surface area contributed by atoms with E-state index in [1.165, 1.54) is 0 Å². The van der Waals surface area contributed by atoms with Crippen molar-refractivity contribution in [3.05, 3.63) is 53.6 Å². The third-order valence-corrected chi connectivity index (χ3v) is 6.99. The van der Waals surface area contributed by atoms with E-state index in [1.54, 1.807) is 0 Å². The Kier molecular flexibility index (Phi) is 8.02. The van der Waals surface area contributed by atoms with E-state index in [4.69, 9.17) is 9.05 Å². The van der Waals surface area contributed by atoms with Gasteiger partial charge in [0.25, 0.3) is 0 Å². The Balaban J connectivity index is 2.75. The second-order valence-electron chi connectivity index (χ2n) is 9.74. The zero-order valence-electron chi connectivity index (χ0n) is 20.2. The molecule has 0 amide bonds. The highest BCUT2D eigenvalue weighted by Crippen LogP contribution is 2.52. The van der Waals surface area contributed by atoms with Gasteiger partial charge in [-0.05, 0) is 48.9 Å². The molecule has 0 aliphatic carbocycles. The number of benzene rings is 2. The van der Waals surface area contributed by atoms with Crippen LogP contribution in [0.2, 0.25) is 0 Å². The summed E-state index contributed by atoms with van der Waals surface area (Å²) in [5, 5.41) is 11.1. The van der Waals surface area contributed by atoms with Gasteiger partial charge in [0.05, 0.1) is 13.2 Å². The van der Waals surface area contributed by atoms with E-state index >= 15 is 0 Å². The molecule has 0 aliphatic heterocycles. The number of phenols is 1. The molecule has 6 heteroatoms. The lowest BCUT2D eigenvalue weighted by molar-refractivity contribution is 0.220. The fourth-order valence-electron chi connectivity index (χ4n) is 3.52. The zero-order valence-corrected chi connectivity index (χ0v) is 21.1. The summed E-state index contributed by atoms with van der Waals surface area (Å²) in [6, 6.07) is 13.8. The monoisotopic (exact) mass is 447 g/mol. The Morgan fingerprint density at radius 3 is 1.68 bits per heavy atom. The molecule has 2 aromatic rings. The maximum Gasteiger partial charge on any atom is 0.350 e. The minimum atomic E-state index is -3.37. The van der Waals surface area contributed by atoms with E-state index in [1.807, 2.05) is 61.2 Å². The summed E-state index contributed by atoms with van der Waals surface area (Å²) in [6.45, 7) is 16.7. The first kappa shape index (κ1) is 25.5. The van der Waals surface area contributed by atoms with Crippen LogP contribution in [-0.2, 0) is 24.4 Å². The molecule has 2 rings (SSSR count). The standard InChI is InChI=1S/C25H38NO4P/c1-9-29-31(28,30-10-2)18-26(19-14-12-11-13-15-19)20-16-21(24(3,4)5)23(27)22(17-20)25(6,7)8/h11-17,27H,9-10,18H2,1-8H3. The molecule has 172 valence electrons. The minimum absolute atomic E-state index is 0.0800. The van der Waals surface area contributed by atoms with Crippen LogP contribution in [0.5, 0.6) is 5.75 Å². The lowest BCUT2D eigenvalue weighted by Crippen LogP contribution is -2.23. The molecule has 0 saturated carbocycles.